The van der Waals surface area contributed by atoms with Crippen LogP contribution in [-0.2, 0) is 14.8 Å². The molecule has 0 saturated carbocycles. The van der Waals surface area contributed by atoms with E-state index in [0.29, 0.717) is 17.1 Å². The average Bonchev–Trinajstić information content (AvgIpc) is 2.79. The van der Waals surface area contributed by atoms with Gasteiger partial charge in [-0.25, -0.2) is 8.42 Å². The van der Waals surface area contributed by atoms with E-state index in [2.05, 4.69) is 20.2 Å². The minimum atomic E-state index is -3.72. The molecular formula is C13H16N4O3S. The van der Waals surface area contributed by atoms with Gasteiger partial charge in [-0.3, -0.25) is 14.6 Å². The first-order valence-corrected chi connectivity index (χ1v) is 7.69. The van der Waals surface area contributed by atoms with Crippen LogP contribution >= 0.6 is 0 Å². The van der Waals surface area contributed by atoms with Crippen LogP contribution in [0.5, 0.6) is 0 Å². The van der Waals surface area contributed by atoms with E-state index >= 15 is 0 Å². The quantitative estimate of drug-likeness (QED) is 0.801. The van der Waals surface area contributed by atoms with E-state index in [-0.39, 0.29) is 10.8 Å². The number of amides is 1. The van der Waals surface area contributed by atoms with E-state index in [9.17, 15) is 13.2 Å². The number of sulfonamides is 1. The molecule has 2 aromatic rings. The van der Waals surface area contributed by atoms with Crippen molar-refractivity contribution < 1.29 is 13.2 Å². The van der Waals surface area contributed by atoms with Gasteiger partial charge in [-0.2, -0.15) is 5.10 Å². The number of aromatic amines is 1. The van der Waals surface area contributed by atoms with Crippen molar-refractivity contribution in [3.63, 3.8) is 0 Å². The first kappa shape index (κ1) is 15.0. The molecule has 112 valence electrons. The fourth-order valence-corrected chi connectivity index (χ4v) is 3.08. The Labute approximate surface area is 122 Å². The van der Waals surface area contributed by atoms with E-state index < -0.39 is 10.0 Å². The maximum absolute atomic E-state index is 12.3. The molecule has 1 heterocycles. The second-order valence-electron chi connectivity index (χ2n) is 4.68. The van der Waals surface area contributed by atoms with Gasteiger partial charge in [0.25, 0.3) is 10.0 Å². The van der Waals surface area contributed by atoms with Crippen molar-refractivity contribution in [2.45, 2.75) is 25.7 Å². The summed E-state index contributed by atoms with van der Waals surface area (Å²) in [6, 6.07) is 5.01. The number of carbonyl (C=O) groups is 1. The van der Waals surface area contributed by atoms with E-state index in [1.54, 1.807) is 32.0 Å². The van der Waals surface area contributed by atoms with Crippen molar-refractivity contribution in [1.82, 2.24) is 10.2 Å². The van der Waals surface area contributed by atoms with Crippen LogP contribution in [0.1, 0.15) is 18.2 Å². The summed E-state index contributed by atoms with van der Waals surface area (Å²) < 4.78 is 27.1. The van der Waals surface area contributed by atoms with Crippen LogP contribution in [0.15, 0.2) is 29.3 Å². The van der Waals surface area contributed by atoms with Crippen molar-refractivity contribution in [1.29, 1.82) is 0 Å². The predicted molar refractivity (Wildman–Crippen MR) is 79.6 cm³/mol. The number of aryl methyl sites for hydroxylation is 2. The van der Waals surface area contributed by atoms with Crippen LogP contribution in [-0.4, -0.2) is 24.5 Å². The molecule has 0 aliphatic rings. The summed E-state index contributed by atoms with van der Waals surface area (Å²) in [4.78, 5) is 11.2. The maximum atomic E-state index is 12.3. The Kier molecular flexibility index (Phi) is 3.99. The molecule has 7 nitrogen and oxygen atoms in total. The lowest BCUT2D eigenvalue weighted by atomic mass is 10.2. The van der Waals surface area contributed by atoms with Gasteiger partial charge in [0, 0.05) is 12.6 Å². The third-order valence-electron chi connectivity index (χ3n) is 2.88. The fourth-order valence-electron chi connectivity index (χ4n) is 1.82. The Morgan fingerprint density at radius 2 is 2.00 bits per heavy atom. The summed E-state index contributed by atoms with van der Waals surface area (Å²) in [5.41, 5.74) is 2.13. The highest BCUT2D eigenvalue weighted by Gasteiger charge is 2.19. The highest BCUT2D eigenvalue weighted by Crippen LogP contribution is 2.24. The number of nitrogens with one attached hydrogen (secondary N) is 3. The zero-order chi connectivity index (χ0) is 15.6. The second kappa shape index (κ2) is 5.57. The number of aromatic nitrogens is 2. The lowest BCUT2D eigenvalue weighted by molar-refractivity contribution is -0.114. The van der Waals surface area contributed by atoms with Crippen molar-refractivity contribution in [3.05, 3.63) is 35.7 Å². The normalized spacial score (nSPS) is 11.2. The Bertz CT molecular complexity index is 780. The fraction of sp³-hybridized carbons (Fsp3) is 0.231. The molecule has 8 heteroatoms. The maximum Gasteiger partial charge on any atom is 0.265 e. The molecule has 0 bridgehead atoms. The number of nitrogens with zero attached hydrogens (tertiary/aromatic N) is 1. The topological polar surface area (TPSA) is 104 Å². The molecule has 0 unspecified atom stereocenters. The molecule has 0 atom stereocenters. The van der Waals surface area contributed by atoms with Gasteiger partial charge in [-0.05, 0) is 31.5 Å². The predicted octanol–water partition coefficient (Wildman–Crippen LogP) is 1.79. The van der Waals surface area contributed by atoms with E-state index in [1.165, 1.54) is 13.1 Å². The van der Waals surface area contributed by atoms with E-state index in [0.717, 1.165) is 5.56 Å². The third kappa shape index (κ3) is 3.40. The molecule has 21 heavy (non-hydrogen) atoms. The van der Waals surface area contributed by atoms with E-state index in [4.69, 9.17) is 0 Å². The lowest BCUT2D eigenvalue weighted by Crippen LogP contribution is -2.15. The van der Waals surface area contributed by atoms with Crippen molar-refractivity contribution in [2.24, 2.45) is 0 Å². The Morgan fingerprint density at radius 1 is 1.29 bits per heavy atom. The number of hydrogen-bond donors (Lipinski definition) is 3. The SMILES string of the molecule is CC(=O)Nc1ccc(C)c(NS(=O)(=O)c2cn[nH]c2C)c1. The molecule has 3 N–H and O–H groups in total. The minimum absolute atomic E-state index is 0.0897. The van der Waals surface area contributed by atoms with E-state index in [1.807, 2.05) is 0 Å². The lowest BCUT2D eigenvalue weighted by Gasteiger charge is -2.12. The van der Waals surface area contributed by atoms with Gasteiger partial charge in [-0.15, -0.1) is 0 Å². The molecule has 2 rings (SSSR count). The zero-order valence-corrected chi connectivity index (χ0v) is 12.7. The number of carbonyl (C=O) groups excluding carboxylic acids is 1. The number of anilines is 2. The van der Waals surface area contributed by atoms with Gasteiger partial charge in [0.2, 0.25) is 5.91 Å². The number of rotatable bonds is 4. The van der Waals surface area contributed by atoms with Gasteiger partial charge in [0.1, 0.15) is 4.90 Å². The molecule has 1 amide bonds. The molecule has 0 aliphatic carbocycles. The Hall–Kier alpha value is -2.35. The molecule has 0 aliphatic heterocycles. The monoisotopic (exact) mass is 308 g/mol. The molecule has 0 fully saturated rings. The first-order valence-electron chi connectivity index (χ1n) is 6.20. The average molecular weight is 308 g/mol. The number of H-pyrrole nitrogens is 1. The van der Waals surface area contributed by atoms with Gasteiger partial charge in [0.15, 0.2) is 0 Å². The van der Waals surface area contributed by atoms with Crippen LogP contribution in [0.3, 0.4) is 0 Å². The van der Waals surface area contributed by atoms with Crippen LogP contribution in [0.4, 0.5) is 11.4 Å². The van der Waals surface area contributed by atoms with Gasteiger partial charge in [-0.1, -0.05) is 6.07 Å². The van der Waals surface area contributed by atoms with Gasteiger partial charge >= 0.3 is 0 Å². The molecule has 1 aromatic carbocycles. The summed E-state index contributed by atoms with van der Waals surface area (Å²) in [5, 5.41) is 8.91. The Balaban J connectivity index is 2.35. The summed E-state index contributed by atoms with van der Waals surface area (Å²) in [6.07, 6.45) is 1.25. The van der Waals surface area contributed by atoms with Crippen LogP contribution in [0.25, 0.3) is 0 Å². The smallest absolute Gasteiger partial charge is 0.265 e. The van der Waals surface area contributed by atoms with Crippen molar-refractivity contribution >= 4 is 27.3 Å². The minimum Gasteiger partial charge on any atom is -0.326 e. The number of benzene rings is 1. The highest BCUT2D eigenvalue weighted by molar-refractivity contribution is 7.92. The van der Waals surface area contributed by atoms with Crippen LogP contribution in [0, 0.1) is 13.8 Å². The van der Waals surface area contributed by atoms with Gasteiger partial charge in [0.05, 0.1) is 17.6 Å². The Morgan fingerprint density at radius 3 is 2.57 bits per heavy atom. The van der Waals surface area contributed by atoms with Crippen LogP contribution in [0.2, 0.25) is 0 Å². The number of hydrogen-bond acceptors (Lipinski definition) is 4. The van der Waals surface area contributed by atoms with Crippen molar-refractivity contribution in [2.75, 3.05) is 10.0 Å². The summed E-state index contributed by atoms with van der Waals surface area (Å²) in [5.74, 6) is -0.224. The van der Waals surface area contributed by atoms with Crippen LogP contribution < -0.4 is 10.0 Å². The first-order chi connectivity index (χ1) is 9.79. The third-order valence-corrected chi connectivity index (χ3v) is 4.35. The molecular weight excluding hydrogens is 292 g/mol. The summed E-state index contributed by atoms with van der Waals surface area (Å²) >= 11 is 0. The molecule has 0 spiro atoms. The summed E-state index contributed by atoms with van der Waals surface area (Å²) in [6.45, 7) is 4.79. The largest absolute Gasteiger partial charge is 0.326 e. The molecule has 0 saturated heterocycles. The molecule has 0 radical (unpaired) electrons. The highest BCUT2D eigenvalue weighted by atomic mass is 32.2. The van der Waals surface area contributed by atoms with Gasteiger partial charge < -0.3 is 5.32 Å². The standard InChI is InChI=1S/C13H16N4O3S/c1-8-4-5-11(15-10(3)18)6-12(8)17-21(19,20)13-7-14-16-9(13)2/h4-7,17H,1-3H3,(H,14,16)(H,15,18). The zero-order valence-electron chi connectivity index (χ0n) is 11.9. The van der Waals surface area contributed by atoms with Crippen molar-refractivity contribution in [3.8, 4) is 0 Å². The summed E-state index contributed by atoms with van der Waals surface area (Å²) in [7, 11) is -3.72. The molecule has 1 aromatic heterocycles. The second-order valence-corrected chi connectivity index (χ2v) is 6.33.